The van der Waals surface area contributed by atoms with Gasteiger partial charge in [0.05, 0.1) is 0 Å². The number of halogens is 3. The lowest BCUT2D eigenvalue weighted by atomic mass is 10.0. The van der Waals surface area contributed by atoms with Crippen molar-refractivity contribution in [1.82, 2.24) is 0 Å². The van der Waals surface area contributed by atoms with Crippen LogP contribution in [0.4, 0.5) is 13.2 Å². The molecule has 1 aromatic carbocycles. The molecule has 2 rings (SSSR count). The Labute approximate surface area is 97.6 Å². The number of nitrogens with two attached hydrogens (primary N) is 1. The number of alkyl halides is 3. The van der Waals surface area contributed by atoms with Crippen LogP contribution in [0.3, 0.4) is 0 Å². The second-order valence-corrected chi connectivity index (χ2v) is 4.37. The molecule has 94 valence electrons. The summed E-state index contributed by atoms with van der Waals surface area (Å²) >= 11 is 0. The molecule has 0 spiro atoms. The highest BCUT2D eigenvalue weighted by Crippen LogP contribution is 2.39. The maximum atomic E-state index is 12.2. The SMILES string of the molecule is NC(CC1CC1)c1ccccc1OC(F)(F)F. The van der Waals surface area contributed by atoms with E-state index in [2.05, 4.69) is 4.74 Å². The first-order valence-electron chi connectivity index (χ1n) is 5.56. The largest absolute Gasteiger partial charge is 0.573 e. The predicted octanol–water partition coefficient (Wildman–Crippen LogP) is 3.39. The Morgan fingerprint density at radius 1 is 1.29 bits per heavy atom. The molecule has 5 heteroatoms. The normalized spacial score (nSPS) is 17.9. The van der Waals surface area contributed by atoms with Crippen LogP contribution in [-0.4, -0.2) is 6.36 Å². The number of ether oxygens (including phenoxy) is 1. The fourth-order valence-electron chi connectivity index (χ4n) is 1.84. The van der Waals surface area contributed by atoms with Crippen LogP contribution < -0.4 is 10.5 Å². The molecule has 1 unspecified atom stereocenters. The van der Waals surface area contributed by atoms with E-state index in [0.29, 0.717) is 11.5 Å². The van der Waals surface area contributed by atoms with Gasteiger partial charge in [0.1, 0.15) is 5.75 Å². The zero-order valence-corrected chi connectivity index (χ0v) is 9.20. The van der Waals surface area contributed by atoms with Gasteiger partial charge in [0.2, 0.25) is 0 Å². The molecule has 0 heterocycles. The quantitative estimate of drug-likeness (QED) is 0.882. The number of benzene rings is 1. The summed E-state index contributed by atoms with van der Waals surface area (Å²) < 4.78 is 40.6. The van der Waals surface area contributed by atoms with E-state index in [0.717, 1.165) is 19.3 Å². The Bertz CT molecular complexity index is 388. The third-order valence-corrected chi connectivity index (χ3v) is 2.83. The molecule has 1 aliphatic carbocycles. The van der Waals surface area contributed by atoms with Gasteiger partial charge in [0.15, 0.2) is 0 Å². The first kappa shape index (κ1) is 12.2. The van der Waals surface area contributed by atoms with E-state index in [1.807, 2.05) is 0 Å². The Morgan fingerprint density at radius 2 is 1.94 bits per heavy atom. The van der Waals surface area contributed by atoms with Gasteiger partial charge >= 0.3 is 6.36 Å². The topological polar surface area (TPSA) is 35.2 Å². The van der Waals surface area contributed by atoms with E-state index in [-0.39, 0.29) is 11.8 Å². The fourth-order valence-corrected chi connectivity index (χ4v) is 1.84. The highest BCUT2D eigenvalue weighted by molar-refractivity contribution is 5.36. The summed E-state index contributed by atoms with van der Waals surface area (Å²) in [5, 5.41) is 0. The Balaban J connectivity index is 2.13. The first-order valence-corrected chi connectivity index (χ1v) is 5.56. The Morgan fingerprint density at radius 3 is 2.53 bits per heavy atom. The zero-order chi connectivity index (χ0) is 12.5. The molecular formula is C12H14F3NO. The standard InChI is InChI=1S/C12H14F3NO/c13-12(14,15)17-11-4-2-1-3-9(11)10(16)7-8-5-6-8/h1-4,8,10H,5-7,16H2. The maximum Gasteiger partial charge on any atom is 0.573 e. The summed E-state index contributed by atoms with van der Waals surface area (Å²) in [5.41, 5.74) is 6.34. The summed E-state index contributed by atoms with van der Waals surface area (Å²) in [4.78, 5) is 0. The van der Waals surface area contributed by atoms with Crippen LogP contribution in [0.15, 0.2) is 24.3 Å². The molecule has 17 heavy (non-hydrogen) atoms. The van der Waals surface area contributed by atoms with Gasteiger partial charge in [-0.25, -0.2) is 0 Å². The zero-order valence-electron chi connectivity index (χ0n) is 9.20. The molecule has 1 atom stereocenters. The summed E-state index contributed by atoms with van der Waals surface area (Å²) in [6, 6.07) is 5.68. The molecule has 1 saturated carbocycles. The van der Waals surface area contributed by atoms with Crippen molar-refractivity contribution in [3.63, 3.8) is 0 Å². The van der Waals surface area contributed by atoms with Crippen molar-refractivity contribution in [3.05, 3.63) is 29.8 Å². The Kier molecular flexibility index (Phi) is 3.28. The average molecular weight is 245 g/mol. The van der Waals surface area contributed by atoms with E-state index in [4.69, 9.17) is 5.73 Å². The highest BCUT2D eigenvalue weighted by Gasteiger charge is 2.33. The monoisotopic (exact) mass is 245 g/mol. The molecule has 0 aliphatic heterocycles. The predicted molar refractivity (Wildman–Crippen MR) is 57.4 cm³/mol. The number of rotatable bonds is 4. The van der Waals surface area contributed by atoms with Crippen molar-refractivity contribution in [2.24, 2.45) is 11.7 Å². The molecule has 2 N–H and O–H groups in total. The molecule has 0 amide bonds. The van der Waals surface area contributed by atoms with Crippen LogP contribution in [0.2, 0.25) is 0 Å². The first-order chi connectivity index (χ1) is 7.96. The lowest BCUT2D eigenvalue weighted by Crippen LogP contribution is -2.20. The number of hydrogen-bond acceptors (Lipinski definition) is 2. The summed E-state index contributed by atoms with van der Waals surface area (Å²) in [6.07, 6.45) is -1.71. The van der Waals surface area contributed by atoms with E-state index < -0.39 is 6.36 Å². The van der Waals surface area contributed by atoms with Crippen LogP contribution in [0.1, 0.15) is 30.9 Å². The number of para-hydroxylation sites is 1. The van der Waals surface area contributed by atoms with Crippen LogP contribution in [0.5, 0.6) is 5.75 Å². The summed E-state index contributed by atoms with van der Waals surface area (Å²) in [6.45, 7) is 0. The van der Waals surface area contributed by atoms with Crippen molar-refractivity contribution in [2.45, 2.75) is 31.7 Å². The maximum absolute atomic E-state index is 12.2. The second kappa shape index (κ2) is 4.56. The van der Waals surface area contributed by atoms with Crippen molar-refractivity contribution in [3.8, 4) is 5.75 Å². The Hall–Kier alpha value is -1.23. The summed E-state index contributed by atoms with van der Waals surface area (Å²) in [5.74, 6) is 0.372. The van der Waals surface area contributed by atoms with Crippen LogP contribution in [0.25, 0.3) is 0 Å². The third-order valence-electron chi connectivity index (χ3n) is 2.83. The molecule has 0 radical (unpaired) electrons. The minimum Gasteiger partial charge on any atom is -0.405 e. The van der Waals surface area contributed by atoms with Gasteiger partial charge in [0, 0.05) is 11.6 Å². The molecule has 1 aromatic rings. The van der Waals surface area contributed by atoms with Gasteiger partial charge in [-0.15, -0.1) is 13.2 Å². The van der Waals surface area contributed by atoms with Crippen LogP contribution in [0, 0.1) is 5.92 Å². The van der Waals surface area contributed by atoms with Gasteiger partial charge < -0.3 is 10.5 Å². The van der Waals surface area contributed by atoms with Gasteiger partial charge in [-0.1, -0.05) is 31.0 Å². The second-order valence-electron chi connectivity index (χ2n) is 4.37. The van der Waals surface area contributed by atoms with E-state index in [9.17, 15) is 13.2 Å². The van der Waals surface area contributed by atoms with Crippen LogP contribution in [-0.2, 0) is 0 Å². The van der Waals surface area contributed by atoms with Crippen molar-refractivity contribution in [2.75, 3.05) is 0 Å². The third kappa shape index (κ3) is 3.63. The van der Waals surface area contributed by atoms with Crippen molar-refractivity contribution in [1.29, 1.82) is 0 Å². The molecule has 1 aliphatic rings. The van der Waals surface area contributed by atoms with E-state index >= 15 is 0 Å². The van der Waals surface area contributed by atoms with Crippen molar-refractivity contribution < 1.29 is 17.9 Å². The molecule has 2 nitrogen and oxygen atoms in total. The molecule has 1 fully saturated rings. The molecular weight excluding hydrogens is 231 g/mol. The molecule has 0 bridgehead atoms. The van der Waals surface area contributed by atoms with Gasteiger partial charge in [-0.2, -0.15) is 0 Å². The lowest BCUT2D eigenvalue weighted by molar-refractivity contribution is -0.275. The molecule has 0 saturated heterocycles. The van der Waals surface area contributed by atoms with E-state index in [1.165, 1.54) is 12.1 Å². The smallest absolute Gasteiger partial charge is 0.405 e. The number of hydrogen-bond donors (Lipinski definition) is 1. The van der Waals surface area contributed by atoms with Gasteiger partial charge in [-0.05, 0) is 18.4 Å². The van der Waals surface area contributed by atoms with Crippen molar-refractivity contribution >= 4 is 0 Å². The minimum absolute atomic E-state index is 0.187. The average Bonchev–Trinajstić information content (AvgIpc) is 3.00. The van der Waals surface area contributed by atoms with E-state index in [1.54, 1.807) is 12.1 Å². The van der Waals surface area contributed by atoms with Gasteiger partial charge in [0.25, 0.3) is 0 Å². The fraction of sp³-hybridized carbons (Fsp3) is 0.500. The molecule has 0 aromatic heterocycles. The minimum atomic E-state index is -4.67. The highest BCUT2D eigenvalue weighted by atomic mass is 19.4. The lowest BCUT2D eigenvalue weighted by Gasteiger charge is -2.17. The summed E-state index contributed by atoms with van der Waals surface area (Å²) in [7, 11) is 0. The van der Waals surface area contributed by atoms with Crippen LogP contribution >= 0.6 is 0 Å². The van der Waals surface area contributed by atoms with Gasteiger partial charge in [-0.3, -0.25) is 0 Å².